The van der Waals surface area contributed by atoms with Gasteiger partial charge in [0.05, 0.1) is 33.0 Å². The number of aromatic carboxylic acids is 1. The Labute approximate surface area is 410 Å². The van der Waals surface area contributed by atoms with Crippen LogP contribution >= 0.6 is 0 Å². The summed E-state index contributed by atoms with van der Waals surface area (Å²) >= 11 is 0. The molecular weight excluding hydrogens is 917 g/mol. The van der Waals surface area contributed by atoms with Crippen LogP contribution in [-0.4, -0.2) is 83.7 Å². The van der Waals surface area contributed by atoms with Crippen LogP contribution in [0.25, 0.3) is 21.8 Å². The smallest absolute Gasteiger partial charge is 0.347 e. The van der Waals surface area contributed by atoms with E-state index in [1.54, 1.807) is 77.1 Å². The van der Waals surface area contributed by atoms with Crippen LogP contribution in [0.4, 0.5) is 11.4 Å². The normalized spacial score (nSPS) is 10.0. The van der Waals surface area contributed by atoms with Crippen molar-refractivity contribution in [1.82, 2.24) is 9.97 Å². The Morgan fingerprint density at radius 2 is 1.00 bits per heavy atom. The van der Waals surface area contributed by atoms with E-state index in [2.05, 4.69) is 15.3 Å². The largest absolute Gasteiger partial charge is 0.500 e. The third-order valence-electron chi connectivity index (χ3n) is 8.89. The average molecular weight is 977 g/mol. The molecule has 0 aliphatic carbocycles. The summed E-state index contributed by atoms with van der Waals surface area (Å²) in [6.45, 7) is 11.7. The van der Waals surface area contributed by atoms with E-state index in [1.807, 2.05) is 73.7 Å². The van der Waals surface area contributed by atoms with Gasteiger partial charge in [0.25, 0.3) is 0 Å². The van der Waals surface area contributed by atoms with Crippen molar-refractivity contribution in [1.29, 1.82) is 0 Å². The first-order valence-corrected chi connectivity index (χ1v) is 22.5. The Kier molecular flexibility index (Phi) is 27.0. The third-order valence-corrected chi connectivity index (χ3v) is 8.89. The van der Waals surface area contributed by atoms with Crippen molar-refractivity contribution in [3.05, 3.63) is 177 Å². The number of hydrogen-bond donors (Lipinski definition) is 5. The number of ketones is 1. The SMILES string of the molecule is CCCC(=O)/C(=C\OCC)C(=O)OCC.CCOC(=O)C(=CNc1ccccc1)C(=O)OCC.CCOC(=O)c1c[nH]c2ccccc2c1=O.Nc1ccccc1.O=C(O)c1c[nH]c2ccccc2c1=O. The zero-order chi connectivity index (χ0) is 52.6. The van der Waals surface area contributed by atoms with Crippen LogP contribution in [0.15, 0.2) is 155 Å². The molecule has 18 nitrogen and oxygen atoms in total. The second-order valence-corrected chi connectivity index (χ2v) is 14.0. The van der Waals surface area contributed by atoms with E-state index >= 15 is 0 Å². The van der Waals surface area contributed by atoms with E-state index in [9.17, 15) is 38.4 Å². The van der Waals surface area contributed by atoms with E-state index in [-0.39, 0.29) is 59.9 Å². The summed E-state index contributed by atoms with van der Waals surface area (Å²) in [6.07, 6.45) is 6.12. The summed E-state index contributed by atoms with van der Waals surface area (Å²) in [5.74, 6) is -4.05. The van der Waals surface area contributed by atoms with Crippen molar-refractivity contribution < 1.29 is 57.6 Å². The van der Waals surface area contributed by atoms with Crippen molar-refractivity contribution in [2.75, 3.05) is 44.1 Å². The number of Topliss-reactive ketones (excluding diaryl/α,β-unsaturated/α-hetero) is 1. The molecule has 0 aliphatic rings. The summed E-state index contributed by atoms with van der Waals surface area (Å²) in [5, 5.41) is 12.5. The Bertz CT molecular complexity index is 2800. The number of pyridine rings is 2. The predicted molar refractivity (Wildman–Crippen MR) is 271 cm³/mol. The average Bonchev–Trinajstić information content (AvgIpc) is 3.36. The van der Waals surface area contributed by atoms with E-state index in [0.717, 1.165) is 11.4 Å². The Morgan fingerprint density at radius 3 is 1.44 bits per heavy atom. The monoisotopic (exact) mass is 976 g/mol. The summed E-state index contributed by atoms with van der Waals surface area (Å²) < 4.78 is 24.1. The van der Waals surface area contributed by atoms with Crippen LogP contribution in [0, 0.1) is 0 Å². The molecule has 4 aromatic carbocycles. The van der Waals surface area contributed by atoms with Crippen LogP contribution < -0.4 is 21.9 Å². The third kappa shape index (κ3) is 20.1. The second kappa shape index (κ2) is 32.8. The minimum absolute atomic E-state index is 0.000509. The second-order valence-electron chi connectivity index (χ2n) is 14.0. The van der Waals surface area contributed by atoms with E-state index in [1.165, 1.54) is 24.9 Å². The molecule has 6 rings (SSSR count). The lowest BCUT2D eigenvalue weighted by atomic mass is 10.1. The molecule has 2 aromatic heterocycles. The fraction of sp³-hybridized carbons (Fsp3) is 0.245. The molecule has 0 saturated heterocycles. The number of aromatic nitrogens is 2. The van der Waals surface area contributed by atoms with Gasteiger partial charge in [-0.2, -0.15) is 0 Å². The van der Waals surface area contributed by atoms with Crippen LogP contribution in [0.1, 0.15) is 75.1 Å². The van der Waals surface area contributed by atoms with Crippen LogP contribution in [0.3, 0.4) is 0 Å². The number of carbonyl (C=O) groups is 6. The van der Waals surface area contributed by atoms with Crippen LogP contribution in [0.2, 0.25) is 0 Å². The number of ether oxygens (including phenoxy) is 5. The molecule has 18 heteroatoms. The highest BCUT2D eigenvalue weighted by Crippen LogP contribution is 2.11. The van der Waals surface area contributed by atoms with E-state index < -0.39 is 35.3 Å². The Balaban J connectivity index is 0.000000311. The molecule has 0 aliphatic heterocycles. The fourth-order valence-electron chi connectivity index (χ4n) is 5.58. The number of carbonyl (C=O) groups excluding carboxylic acids is 5. The molecule has 2 heterocycles. The summed E-state index contributed by atoms with van der Waals surface area (Å²) in [4.78, 5) is 97.5. The first-order valence-electron chi connectivity index (χ1n) is 22.5. The maximum absolute atomic E-state index is 11.9. The number of hydrogen-bond acceptors (Lipinski definition) is 15. The first kappa shape index (κ1) is 58.3. The van der Waals surface area contributed by atoms with E-state index in [4.69, 9.17) is 34.5 Å². The zero-order valence-electron chi connectivity index (χ0n) is 40.5. The van der Waals surface area contributed by atoms with Gasteiger partial charge < -0.3 is 49.8 Å². The van der Waals surface area contributed by atoms with Crippen LogP contribution in [-0.2, 0) is 42.9 Å². The lowest BCUT2D eigenvalue weighted by Gasteiger charge is -2.07. The number of fused-ring (bicyclic) bond motifs is 2. The van der Waals surface area contributed by atoms with Crippen molar-refractivity contribution >= 4 is 68.8 Å². The predicted octanol–water partition coefficient (Wildman–Crippen LogP) is 8.15. The Hall–Kier alpha value is -8.80. The number of rotatable bonds is 16. The number of anilines is 2. The molecule has 0 fully saturated rings. The number of nitrogen functional groups attached to an aromatic ring is 1. The van der Waals surface area contributed by atoms with Crippen LogP contribution in [0.5, 0.6) is 0 Å². The molecular formula is C53H60N4O14. The number of esters is 4. The van der Waals surface area contributed by atoms with Crippen molar-refractivity contribution in [2.45, 2.75) is 54.4 Å². The standard InChI is InChI=1S/C14H17NO4.C12H11NO3.C11H18O4.C10H7NO3.C6H7N/c1-3-18-13(16)12(14(17)19-4-2)10-15-11-8-6-5-7-9-11;1-2-16-12(15)9-7-13-10-6-4-3-5-8(10)11(9)14;1-4-7-10(12)9(8-14-5-2)11(13)15-6-3;12-9-6-3-1-2-4-8(6)11-5-7(9)10(13)14;7-6-4-2-1-3-5-6/h5-10,15H,3-4H2,1-2H3;3-7H,2H2,1H3,(H,13,14);8H,4-7H2,1-3H3;1-5H,(H,11,12)(H,13,14);1-5H,7H2/b;;9-8+;;. The van der Waals surface area contributed by atoms with Gasteiger partial charge in [-0.3, -0.25) is 14.4 Å². The number of nitrogens with two attached hydrogens (primary N) is 1. The summed E-state index contributed by atoms with van der Waals surface area (Å²) in [7, 11) is 0. The first-order chi connectivity index (χ1) is 34.2. The van der Waals surface area contributed by atoms with E-state index in [0.29, 0.717) is 41.3 Å². The number of aromatic amines is 2. The number of H-pyrrole nitrogens is 2. The molecule has 0 amide bonds. The molecule has 0 saturated carbocycles. The van der Waals surface area contributed by atoms with Gasteiger partial charge in [-0.25, -0.2) is 24.0 Å². The molecule has 0 unspecified atom stereocenters. The fourth-order valence-corrected chi connectivity index (χ4v) is 5.58. The molecule has 6 aromatic rings. The van der Waals surface area contributed by atoms with Gasteiger partial charge in [0, 0.05) is 58.2 Å². The molecule has 71 heavy (non-hydrogen) atoms. The molecule has 0 spiro atoms. The molecule has 0 bridgehead atoms. The quantitative estimate of drug-likeness (QED) is 0.0116. The van der Waals surface area contributed by atoms with Gasteiger partial charge in [-0.05, 0) is 89.6 Å². The van der Waals surface area contributed by atoms with Gasteiger partial charge in [-0.15, -0.1) is 0 Å². The lowest BCUT2D eigenvalue weighted by molar-refractivity contribution is -0.147. The topological polar surface area (TPSA) is 273 Å². The molecule has 6 N–H and O–H groups in total. The number of nitrogens with one attached hydrogen (secondary N) is 3. The summed E-state index contributed by atoms with van der Waals surface area (Å²) in [6, 6.07) is 32.5. The van der Waals surface area contributed by atoms with Crippen molar-refractivity contribution in [2.24, 2.45) is 0 Å². The van der Waals surface area contributed by atoms with Gasteiger partial charge in [-0.1, -0.05) is 67.6 Å². The number of carboxylic acid groups (broad SMARTS) is 1. The number of benzene rings is 4. The highest BCUT2D eigenvalue weighted by atomic mass is 16.6. The van der Waals surface area contributed by atoms with Gasteiger partial charge in [0.2, 0.25) is 10.9 Å². The maximum Gasteiger partial charge on any atom is 0.347 e. The number of carboxylic acids is 1. The van der Waals surface area contributed by atoms with Gasteiger partial charge in [0.15, 0.2) is 11.4 Å². The van der Waals surface area contributed by atoms with Crippen molar-refractivity contribution in [3.8, 4) is 0 Å². The van der Waals surface area contributed by atoms with Crippen molar-refractivity contribution in [3.63, 3.8) is 0 Å². The van der Waals surface area contributed by atoms with Gasteiger partial charge >= 0.3 is 29.8 Å². The molecule has 376 valence electrons. The minimum Gasteiger partial charge on any atom is -0.500 e. The molecule has 0 radical (unpaired) electrons. The van der Waals surface area contributed by atoms with Gasteiger partial charge in [0.1, 0.15) is 23.0 Å². The molecule has 0 atom stereocenters. The maximum atomic E-state index is 11.9. The Morgan fingerprint density at radius 1 is 0.563 bits per heavy atom. The minimum atomic E-state index is -1.21. The highest BCUT2D eigenvalue weighted by molar-refractivity contribution is 6.17. The lowest BCUT2D eigenvalue weighted by Crippen LogP contribution is -2.19. The summed E-state index contributed by atoms with van der Waals surface area (Å²) in [5.41, 5.74) is 7.19. The zero-order valence-corrected chi connectivity index (χ0v) is 40.5. The highest BCUT2D eigenvalue weighted by Gasteiger charge is 2.21. The number of para-hydroxylation sites is 4.